The highest BCUT2D eigenvalue weighted by atomic mass is 16.5. The van der Waals surface area contributed by atoms with Gasteiger partial charge in [0.05, 0.1) is 44.4 Å². The van der Waals surface area contributed by atoms with Crippen LogP contribution in [0.5, 0.6) is 11.5 Å². The summed E-state index contributed by atoms with van der Waals surface area (Å²) in [4.78, 5) is 50.9. The van der Waals surface area contributed by atoms with Gasteiger partial charge < -0.3 is 19.5 Å². The Morgan fingerprint density at radius 1 is 1.00 bits per heavy atom. The SMILES string of the molecule is COC(=O)c1cc(OC)c(OC)cc1NC(=O)CCN1C(=O)C2CCCCC2C1=O. The van der Waals surface area contributed by atoms with E-state index in [9.17, 15) is 19.2 Å². The van der Waals surface area contributed by atoms with E-state index in [4.69, 9.17) is 14.2 Å². The third kappa shape index (κ3) is 4.10. The van der Waals surface area contributed by atoms with Gasteiger partial charge in [0.1, 0.15) is 0 Å². The van der Waals surface area contributed by atoms with Crippen molar-refractivity contribution in [3.8, 4) is 11.5 Å². The van der Waals surface area contributed by atoms with Crippen LogP contribution in [-0.4, -0.2) is 56.5 Å². The molecule has 2 unspecified atom stereocenters. The minimum Gasteiger partial charge on any atom is -0.493 e. The molecule has 1 aliphatic heterocycles. The van der Waals surface area contributed by atoms with E-state index in [0.717, 1.165) is 25.7 Å². The first-order chi connectivity index (χ1) is 14.4. The molecule has 1 N–H and O–H groups in total. The molecule has 1 aromatic carbocycles. The number of hydrogen-bond acceptors (Lipinski definition) is 7. The van der Waals surface area contributed by atoms with Crippen LogP contribution in [0.25, 0.3) is 0 Å². The standard InChI is InChI=1S/C21H26N2O7/c1-28-16-10-14(21(27)30-3)15(11-17(16)29-2)22-18(24)8-9-23-19(25)12-6-4-5-7-13(12)20(23)26/h10-13H,4-9H2,1-3H3,(H,22,24). The Hall–Kier alpha value is -3.10. The molecule has 0 radical (unpaired) electrons. The molecule has 0 aromatic heterocycles. The van der Waals surface area contributed by atoms with Gasteiger partial charge in [-0.2, -0.15) is 0 Å². The van der Waals surface area contributed by atoms with Crippen molar-refractivity contribution >= 4 is 29.4 Å². The van der Waals surface area contributed by atoms with Gasteiger partial charge in [-0.1, -0.05) is 12.8 Å². The molecule has 162 valence electrons. The van der Waals surface area contributed by atoms with Crippen molar-refractivity contribution in [2.45, 2.75) is 32.1 Å². The Kier molecular flexibility index (Phi) is 6.59. The molecule has 1 aromatic rings. The fraction of sp³-hybridized carbons (Fsp3) is 0.524. The summed E-state index contributed by atoms with van der Waals surface area (Å²) in [6.07, 6.45) is 3.28. The van der Waals surface area contributed by atoms with Gasteiger partial charge in [-0.25, -0.2) is 4.79 Å². The second-order valence-electron chi connectivity index (χ2n) is 7.37. The quantitative estimate of drug-likeness (QED) is 0.532. The lowest BCUT2D eigenvalue weighted by molar-refractivity contribution is -0.140. The van der Waals surface area contributed by atoms with E-state index >= 15 is 0 Å². The number of benzene rings is 1. The van der Waals surface area contributed by atoms with Gasteiger partial charge >= 0.3 is 5.97 Å². The smallest absolute Gasteiger partial charge is 0.340 e. The molecule has 2 atom stereocenters. The van der Waals surface area contributed by atoms with Crippen LogP contribution >= 0.6 is 0 Å². The zero-order valence-electron chi connectivity index (χ0n) is 17.4. The maximum Gasteiger partial charge on any atom is 0.340 e. The molecule has 0 spiro atoms. The Balaban J connectivity index is 1.71. The maximum absolute atomic E-state index is 12.5. The number of nitrogens with one attached hydrogen (secondary N) is 1. The number of imide groups is 1. The summed E-state index contributed by atoms with van der Waals surface area (Å²) in [5.41, 5.74) is 0.292. The van der Waals surface area contributed by atoms with E-state index in [-0.39, 0.29) is 47.9 Å². The van der Waals surface area contributed by atoms with Gasteiger partial charge in [-0.3, -0.25) is 19.3 Å². The van der Waals surface area contributed by atoms with Gasteiger partial charge in [0.15, 0.2) is 11.5 Å². The van der Waals surface area contributed by atoms with Crippen molar-refractivity contribution in [2.24, 2.45) is 11.8 Å². The van der Waals surface area contributed by atoms with E-state index in [1.165, 1.54) is 38.4 Å². The molecular weight excluding hydrogens is 392 g/mol. The Morgan fingerprint density at radius 3 is 2.10 bits per heavy atom. The van der Waals surface area contributed by atoms with Crippen molar-refractivity contribution in [1.82, 2.24) is 4.90 Å². The van der Waals surface area contributed by atoms with Gasteiger partial charge in [-0.15, -0.1) is 0 Å². The van der Waals surface area contributed by atoms with Crippen LogP contribution in [0, 0.1) is 11.8 Å². The van der Waals surface area contributed by atoms with Gasteiger partial charge in [0.25, 0.3) is 0 Å². The highest BCUT2D eigenvalue weighted by Gasteiger charge is 2.47. The predicted molar refractivity (Wildman–Crippen MR) is 106 cm³/mol. The minimum absolute atomic E-state index is 0.0113. The first-order valence-corrected chi connectivity index (χ1v) is 9.90. The maximum atomic E-state index is 12.5. The van der Waals surface area contributed by atoms with Crippen LogP contribution in [-0.2, 0) is 19.1 Å². The van der Waals surface area contributed by atoms with Crippen molar-refractivity contribution in [3.05, 3.63) is 17.7 Å². The summed E-state index contributed by atoms with van der Waals surface area (Å²) in [5.74, 6) is -1.31. The van der Waals surface area contributed by atoms with Crippen LogP contribution in [0.15, 0.2) is 12.1 Å². The number of anilines is 1. The van der Waals surface area contributed by atoms with Crippen molar-refractivity contribution in [1.29, 1.82) is 0 Å². The number of ether oxygens (including phenoxy) is 3. The summed E-state index contributed by atoms with van der Waals surface area (Å²) >= 11 is 0. The first-order valence-electron chi connectivity index (χ1n) is 9.90. The molecular formula is C21H26N2O7. The van der Waals surface area contributed by atoms with E-state index in [1.54, 1.807) is 0 Å². The fourth-order valence-electron chi connectivity index (χ4n) is 4.14. The third-order valence-electron chi connectivity index (χ3n) is 5.70. The molecule has 1 aliphatic carbocycles. The number of carbonyl (C=O) groups is 4. The van der Waals surface area contributed by atoms with E-state index in [0.29, 0.717) is 11.5 Å². The normalized spacial score (nSPS) is 20.6. The Bertz CT molecular complexity index is 843. The van der Waals surface area contributed by atoms with E-state index in [2.05, 4.69) is 5.32 Å². The highest BCUT2D eigenvalue weighted by Crippen LogP contribution is 2.38. The number of amides is 3. The van der Waals surface area contributed by atoms with Crippen LogP contribution in [0.2, 0.25) is 0 Å². The number of fused-ring (bicyclic) bond motifs is 1. The fourth-order valence-corrected chi connectivity index (χ4v) is 4.14. The second kappa shape index (κ2) is 9.15. The highest BCUT2D eigenvalue weighted by molar-refractivity contribution is 6.06. The number of carbonyl (C=O) groups excluding carboxylic acids is 4. The van der Waals surface area contributed by atoms with Crippen molar-refractivity contribution in [3.63, 3.8) is 0 Å². The first kappa shape index (κ1) is 21.6. The molecule has 0 bridgehead atoms. The van der Waals surface area contributed by atoms with Crippen LogP contribution in [0.3, 0.4) is 0 Å². The van der Waals surface area contributed by atoms with Crippen LogP contribution in [0.1, 0.15) is 42.5 Å². The molecule has 9 heteroatoms. The van der Waals surface area contributed by atoms with Gasteiger partial charge in [0, 0.05) is 25.1 Å². The largest absolute Gasteiger partial charge is 0.493 e. The molecule has 2 fully saturated rings. The van der Waals surface area contributed by atoms with Gasteiger partial charge in [0.2, 0.25) is 17.7 Å². The molecule has 1 saturated heterocycles. The average molecular weight is 418 g/mol. The molecule has 1 heterocycles. The third-order valence-corrected chi connectivity index (χ3v) is 5.70. The zero-order valence-corrected chi connectivity index (χ0v) is 17.4. The minimum atomic E-state index is -0.653. The molecule has 3 rings (SSSR count). The number of rotatable bonds is 7. The summed E-state index contributed by atoms with van der Waals surface area (Å²) < 4.78 is 15.2. The lowest BCUT2D eigenvalue weighted by atomic mass is 9.81. The lowest BCUT2D eigenvalue weighted by Gasteiger charge is -2.19. The second-order valence-corrected chi connectivity index (χ2v) is 7.37. The molecule has 2 aliphatic rings. The Morgan fingerprint density at radius 2 is 1.57 bits per heavy atom. The van der Waals surface area contributed by atoms with Gasteiger partial charge in [-0.05, 0) is 12.8 Å². The topological polar surface area (TPSA) is 111 Å². The van der Waals surface area contributed by atoms with Crippen molar-refractivity contribution in [2.75, 3.05) is 33.2 Å². The van der Waals surface area contributed by atoms with E-state index < -0.39 is 11.9 Å². The molecule has 9 nitrogen and oxygen atoms in total. The average Bonchev–Trinajstić information content (AvgIpc) is 3.01. The summed E-state index contributed by atoms with van der Waals surface area (Å²) in [6.45, 7) is 0.0113. The molecule has 30 heavy (non-hydrogen) atoms. The predicted octanol–water partition coefficient (Wildman–Crippen LogP) is 1.99. The summed E-state index contributed by atoms with van der Waals surface area (Å²) in [6, 6.07) is 2.88. The van der Waals surface area contributed by atoms with Crippen LogP contribution in [0.4, 0.5) is 5.69 Å². The number of likely N-dealkylation sites (tertiary alicyclic amines) is 1. The number of esters is 1. The molecule has 3 amide bonds. The zero-order chi connectivity index (χ0) is 21.8. The molecule has 1 saturated carbocycles. The summed E-state index contributed by atoms with van der Waals surface area (Å²) in [5, 5.41) is 2.64. The van der Waals surface area contributed by atoms with Crippen LogP contribution < -0.4 is 14.8 Å². The lowest BCUT2D eigenvalue weighted by Crippen LogP contribution is -2.34. The summed E-state index contributed by atoms with van der Waals surface area (Å²) in [7, 11) is 4.10. The van der Waals surface area contributed by atoms with Crippen molar-refractivity contribution < 1.29 is 33.4 Å². The monoisotopic (exact) mass is 418 g/mol. The Labute approximate surface area is 174 Å². The van der Waals surface area contributed by atoms with E-state index in [1.807, 2.05) is 0 Å². The number of methoxy groups -OCH3 is 3. The number of hydrogen-bond donors (Lipinski definition) is 1. The number of nitrogens with zero attached hydrogens (tertiary/aromatic N) is 1.